The minimum atomic E-state index is -0.416. The van der Waals surface area contributed by atoms with E-state index in [2.05, 4.69) is 9.55 Å². The van der Waals surface area contributed by atoms with Gasteiger partial charge >= 0.3 is 0 Å². The smallest absolute Gasteiger partial charge is 0.144 e. The predicted molar refractivity (Wildman–Crippen MR) is 81.1 cm³/mol. The lowest BCUT2D eigenvalue weighted by molar-refractivity contribution is 0.282. The van der Waals surface area contributed by atoms with E-state index in [1.807, 2.05) is 0 Å². The average molecular weight is 315 g/mol. The lowest BCUT2D eigenvalue weighted by Gasteiger charge is -2.25. The van der Waals surface area contributed by atoms with Crippen LogP contribution in [-0.2, 0) is 13.0 Å². The number of rotatable bonds is 5. The summed E-state index contributed by atoms with van der Waals surface area (Å²) in [6.45, 7) is 0.912. The van der Waals surface area contributed by atoms with Crippen LogP contribution in [0.4, 0.5) is 4.39 Å². The second kappa shape index (κ2) is 5.90. The van der Waals surface area contributed by atoms with E-state index >= 15 is 0 Å². The van der Waals surface area contributed by atoms with Gasteiger partial charge in [0.15, 0.2) is 0 Å². The van der Waals surface area contributed by atoms with E-state index in [4.69, 9.17) is 23.2 Å². The van der Waals surface area contributed by atoms with Gasteiger partial charge in [0, 0.05) is 24.9 Å². The molecule has 1 aliphatic rings. The first-order valence-electron chi connectivity index (χ1n) is 7.09. The van der Waals surface area contributed by atoms with E-state index in [0.717, 1.165) is 30.2 Å². The number of imidazole rings is 1. The second-order valence-corrected chi connectivity index (χ2v) is 6.24. The molecule has 5 heteroatoms. The Kier molecular flexibility index (Phi) is 4.18. The standard InChI is InChI=1S/C15H17Cl2FN2/c16-6-4-15-19-13-9-12(18)11(17)8-14(13)20(15)7-5-10-2-1-3-10/h8-10H,1-7H2. The van der Waals surface area contributed by atoms with E-state index in [-0.39, 0.29) is 5.02 Å². The summed E-state index contributed by atoms with van der Waals surface area (Å²) in [4.78, 5) is 4.51. The maximum Gasteiger partial charge on any atom is 0.144 e. The van der Waals surface area contributed by atoms with Gasteiger partial charge in [0.25, 0.3) is 0 Å². The third-order valence-corrected chi connectivity index (χ3v) is 4.65. The normalized spacial score (nSPS) is 15.8. The largest absolute Gasteiger partial charge is 0.328 e. The number of alkyl halides is 1. The number of hydrogen-bond acceptors (Lipinski definition) is 1. The van der Waals surface area contributed by atoms with Gasteiger partial charge < -0.3 is 4.57 Å². The Balaban J connectivity index is 1.95. The van der Waals surface area contributed by atoms with Crippen LogP contribution < -0.4 is 0 Å². The van der Waals surface area contributed by atoms with Crippen LogP contribution in [0.2, 0.25) is 5.02 Å². The molecule has 1 heterocycles. The van der Waals surface area contributed by atoms with E-state index in [0.29, 0.717) is 17.8 Å². The van der Waals surface area contributed by atoms with E-state index < -0.39 is 5.82 Å². The number of fused-ring (bicyclic) bond motifs is 1. The summed E-state index contributed by atoms with van der Waals surface area (Å²) >= 11 is 11.8. The molecule has 0 bridgehead atoms. The summed E-state index contributed by atoms with van der Waals surface area (Å²) in [5, 5.41) is 0.153. The van der Waals surface area contributed by atoms with Crippen LogP contribution in [0.3, 0.4) is 0 Å². The van der Waals surface area contributed by atoms with E-state index in [1.165, 1.54) is 25.3 Å². The van der Waals surface area contributed by atoms with E-state index in [1.54, 1.807) is 6.07 Å². The van der Waals surface area contributed by atoms with Crippen molar-refractivity contribution in [3.8, 4) is 0 Å². The lowest BCUT2D eigenvalue weighted by Crippen LogP contribution is -2.15. The molecule has 0 radical (unpaired) electrons. The monoisotopic (exact) mass is 314 g/mol. The van der Waals surface area contributed by atoms with Gasteiger partial charge in [-0.2, -0.15) is 0 Å². The van der Waals surface area contributed by atoms with Crippen LogP contribution in [-0.4, -0.2) is 15.4 Å². The number of aryl methyl sites for hydroxylation is 2. The Hall–Kier alpha value is -0.800. The van der Waals surface area contributed by atoms with Crippen LogP contribution in [0.15, 0.2) is 12.1 Å². The molecule has 20 heavy (non-hydrogen) atoms. The first-order chi connectivity index (χ1) is 9.69. The first kappa shape index (κ1) is 14.2. The van der Waals surface area contributed by atoms with E-state index in [9.17, 15) is 4.39 Å². The minimum absolute atomic E-state index is 0.153. The molecule has 0 unspecified atom stereocenters. The van der Waals surface area contributed by atoms with Crippen molar-refractivity contribution in [2.24, 2.45) is 5.92 Å². The fourth-order valence-electron chi connectivity index (χ4n) is 2.79. The molecular weight excluding hydrogens is 298 g/mol. The molecule has 0 aliphatic heterocycles. The summed E-state index contributed by atoms with van der Waals surface area (Å²) < 4.78 is 15.7. The summed E-state index contributed by atoms with van der Waals surface area (Å²) in [6, 6.07) is 3.09. The van der Waals surface area contributed by atoms with Crippen molar-refractivity contribution < 1.29 is 4.39 Å². The molecule has 1 fully saturated rings. The Morgan fingerprint density at radius 1 is 1.35 bits per heavy atom. The summed E-state index contributed by atoms with van der Waals surface area (Å²) in [7, 11) is 0. The van der Waals surface area contributed by atoms with Gasteiger partial charge in [-0.05, 0) is 18.4 Å². The molecule has 0 N–H and O–H groups in total. The van der Waals surface area contributed by atoms with Crippen molar-refractivity contribution >= 4 is 34.2 Å². The molecule has 1 aromatic carbocycles. The summed E-state index contributed by atoms with van der Waals surface area (Å²) in [6.07, 6.45) is 5.84. The molecule has 0 saturated heterocycles. The molecule has 108 valence electrons. The SMILES string of the molecule is Fc1cc2nc(CCCl)n(CCC3CCC3)c2cc1Cl. The highest BCUT2D eigenvalue weighted by Crippen LogP contribution is 2.31. The topological polar surface area (TPSA) is 17.8 Å². The first-order valence-corrected chi connectivity index (χ1v) is 8.00. The highest BCUT2D eigenvalue weighted by atomic mass is 35.5. The van der Waals surface area contributed by atoms with Crippen LogP contribution >= 0.6 is 23.2 Å². The maximum absolute atomic E-state index is 13.5. The maximum atomic E-state index is 13.5. The fraction of sp³-hybridized carbons (Fsp3) is 0.533. The van der Waals surface area contributed by atoms with Gasteiger partial charge in [-0.15, -0.1) is 11.6 Å². The Morgan fingerprint density at radius 2 is 2.15 bits per heavy atom. The quantitative estimate of drug-likeness (QED) is 0.725. The fourth-order valence-corrected chi connectivity index (χ4v) is 3.11. The van der Waals surface area contributed by atoms with Crippen molar-refractivity contribution in [3.63, 3.8) is 0 Å². The molecule has 0 amide bonds. The van der Waals surface area contributed by atoms with Crippen LogP contribution in [0, 0.1) is 11.7 Å². The number of nitrogens with zero attached hydrogens (tertiary/aromatic N) is 2. The van der Waals surface area contributed by atoms with Crippen molar-refractivity contribution in [1.82, 2.24) is 9.55 Å². The highest BCUT2D eigenvalue weighted by Gasteiger charge is 2.19. The van der Waals surface area contributed by atoms with Gasteiger partial charge in [0.2, 0.25) is 0 Å². The van der Waals surface area contributed by atoms with Gasteiger partial charge in [-0.3, -0.25) is 0 Å². The number of hydrogen-bond donors (Lipinski definition) is 0. The van der Waals surface area contributed by atoms with Crippen molar-refractivity contribution in [1.29, 1.82) is 0 Å². The molecule has 2 aromatic rings. The molecule has 0 atom stereocenters. The Labute approximate surface area is 127 Å². The Bertz CT molecular complexity index is 620. The molecule has 3 rings (SSSR count). The molecule has 1 aliphatic carbocycles. The van der Waals surface area contributed by atoms with Crippen molar-refractivity contribution in [2.75, 3.05) is 5.88 Å². The predicted octanol–water partition coefficient (Wildman–Crippen LogP) is 4.80. The molecule has 1 aromatic heterocycles. The zero-order valence-corrected chi connectivity index (χ0v) is 12.7. The second-order valence-electron chi connectivity index (χ2n) is 5.46. The zero-order valence-electron chi connectivity index (χ0n) is 11.2. The number of aromatic nitrogens is 2. The minimum Gasteiger partial charge on any atom is -0.328 e. The van der Waals surface area contributed by atoms with Crippen LogP contribution in [0.5, 0.6) is 0 Å². The zero-order chi connectivity index (χ0) is 14.1. The van der Waals surface area contributed by atoms with Gasteiger partial charge in [0.1, 0.15) is 11.6 Å². The van der Waals surface area contributed by atoms with Crippen molar-refractivity contribution in [3.05, 3.63) is 28.8 Å². The summed E-state index contributed by atoms with van der Waals surface area (Å²) in [5.41, 5.74) is 1.58. The molecule has 1 saturated carbocycles. The third kappa shape index (κ3) is 2.66. The number of benzene rings is 1. The molecule has 0 spiro atoms. The third-order valence-electron chi connectivity index (χ3n) is 4.17. The van der Waals surface area contributed by atoms with Gasteiger partial charge in [-0.1, -0.05) is 30.9 Å². The Morgan fingerprint density at radius 3 is 2.80 bits per heavy atom. The van der Waals surface area contributed by atoms with Gasteiger partial charge in [-0.25, -0.2) is 9.37 Å². The molecule has 2 nitrogen and oxygen atoms in total. The number of halogens is 3. The summed E-state index contributed by atoms with van der Waals surface area (Å²) in [5.74, 6) is 1.85. The van der Waals surface area contributed by atoms with Gasteiger partial charge in [0.05, 0.1) is 16.1 Å². The van der Waals surface area contributed by atoms with Crippen LogP contribution in [0.25, 0.3) is 11.0 Å². The van der Waals surface area contributed by atoms with Crippen LogP contribution in [0.1, 0.15) is 31.5 Å². The average Bonchev–Trinajstić information content (AvgIpc) is 2.67. The highest BCUT2D eigenvalue weighted by molar-refractivity contribution is 6.31. The van der Waals surface area contributed by atoms with Crippen molar-refractivity contribution in [2.45, 2.75) is 38.6 Å². The molecular formula is C15H17Cl2FN2. The lowest BCUT2D eigenvalue weighted by atomic mass is 9.83.